The molecule has 374 valence electrons. The van der Waals surface area contributed by atoms with Crippen LogP contribution in [0.4, 0.5) is 4.79 Å². The van der Waals surface area contributed by atoms with Gasteiger partial charge in [-0.1, -0.05) is 177 Å². The molecule has 0 aliphatic rings. The van der Waals surface area contributed by atoms with Gasteiger partial charge in [0.05, 0.1) is 13.2 Å². The predicted octanol–water partition coefficient (Wildman–Crippen LogP) is 15.1. The molecule has 0 aliphatic heterocycles. The zero-order valence-electron chi connectivity index (χ0n) is 43.0. The molecule has 0 aliphatic carbocycles. The number of rotatable bonds is 48. The molecule has 0 fully saturated rings. The fourth-order valence-electron chi connectivity index (χ4n) is 8.69. The highest BCUT2D eigenvalue weighted by Crippen LogP contribution is 2.24. The van der Waals surface area contributed by atoms with E-state index in [1.807, 2.05) is 0 Å². The zero-order valence-corrected chi connectivity index (χ0v) is 43.0. The Morgan fingerprint density at radius 1 is 0.365 bits per heavy atom. The van der Waals surface area contributed by atoms with Crippen molar-refractivity contribution in [1.29, 1.82) is 0 Å². The van der Waals surface area contributed by atoms with E-state index in [4.69, 9.17) is 18.9 Å². The first-order chi connectivity index (χ1) is 30.8. The molecule has 0 unspecified atom stereocenters. The molecule has 9 heteroatoms. The average Bonchev–Trinajstić information content (AvgIpc) is 3.28. The van der Waals surface area contributed by atoms with Crippen LogP contribution in [0.5, 0.6) is 0 Å². The van der Waals surface area contributed by atoms with Gasteiger partial charge in [0.1, 0.15) is 12.7 Å². The van der Waals surface area contributed by atoms with Crippen LogP contribution in [0.25, 0.3) is 0 Å². The molecule has 63 heavy (non-hydrogen) atoms. The van der Waals surface area contributed by atoms with E-state index in [9.17, 15) is 14.4 Å². The van der Waals surface area contributed by atoms with Gasteiger partial charge < -0.3 is 23.8 Å². The predicted molar refractivity (Wildman–Crippen MR) is 265 cm³/mol. The van der Waals surface area contributed by atoms with Crippen molar-refractivity contribution in [3.63, 3.8) is 0 Å². The third-order valence-electron chi connectivity index (χ3n) is 13.1. The molecule has 0 saturated heterocycles. The van der Waals surface area contributed by atoms with Gasteiger partial charge >= 0.3 is 18.1 Å². The van der Waals surface area contributed by atoms with Gasteiger partial charge in [-0.15, -0.1) is 0 Å². The highest BCUT2D eigenvalue weighted by Gasteiger charge is 2.18. The molecular weight excluding hydrogens is 789 g/mol. The number of hydrogen-bond acceptors (Lipinski definition) is 9. The monoisotopic (exact) mass is 895 g/mol. The number of nitrogens with zero attached hydrogens (tertiary/aromatic N) is 2. The first kappa shape index (κ1) is 61.1. The largest absolute Gasteiger partial charge is 0.508 e. The lowest BCUT2D eigenvalue weighted by atomic mass is 9.92. The Morgan fingerprint density at radius 3 is 1.10 bits per heavy atom. The van der Waals surface area contributed by atoms with Crippen molar-refractivity contribution in [3.05, 3.63) is 0 Å². The van der Waals surface area contributed by atoms with Gasteiger partial charge in [-0.3, -0.25) is 14.5 Å². The Morgan fingerprint density at radius 2 is 0.714 bits per heavy atom. The molecule has 0 saturated carbocycles. The van der Waals surface area contributed by atoms with Crippen molar-refractivity contribution in [2.24, 2.45) is 11.8 Å². The van der Waals surface area contributed by atoms with Crippen LogP contribution >= 0.6 is 0 Å². The van der Waals surface area contributed by atoms with Gasteiger partial charge in [-0.05, 0) is 95.7 Å². The number of likely N-dealkylation sites (N-methyl/N-ethyl adjacent to an activating group) is 2. The summed E-state index contributed by atoms with van der Waals surface area (Å²) in [6, 6.07) is 0. The van der Waals surface area contributed by atoms with Crippen molar-refractivity contribution in [3.8, 4) is 0 Å². The smallest absolute Gasteiger partial charge is 0.466 e. The fourth-order valence-corrected chi connectivity index (χ4v) is 8.69. The van der Waals surface area contributed by atoms with Gasteiger partial charge in [-0.2, -0.15) is 0 Å². The Balaban J connectivity index is 4.85. The van der Waals surface area contributed by atoms with E-state index in [0.717, 1.165) is 123 Å². The number of hydrogen-bond donors (Lipinski definition) is 0. The maximum absolute atomic E-state index is 12.9. The molecular formula is C54H106N2O7. The highest BCUT2D eigenvalue weighted by molar-refractivity contribution is 5.70. The Hall–Kier alpha value is -1.87. The Kier molecular flexibility index (Phi) is 45.3. The van der Waals surface area contributed by atoms with Crippen LogP contribution in [0, 0.1) is 11.8 Å². The quantitative estimate of drug-likeness (QED) is 0.0336. The minimum atomic E-state index is -0.568. The molecule has 0 bridgehead atoms. The van der Waals surface area contributed by atoms with Crippen LogP contribution in [0.3, 0.4) is 0 Å². The maximum Gasteiger partial charge on any atom is 0.508 e. The van der Waals surface area contributed by atoms with Crippen molar-refractivity contribution in [2.45, 2.75) is 260 Å². The third kappa shape index (κ3) is 40.2. The summed E-state index contributed by atoms with van der Waals surface area (Å²) in [6.07, 6.45) is 34.1. The van der Waals surface area contributed by atoms with Crippen LogP contribution < -0.4 is 0 Å². The minimum absolute atomic E-state index is 0.0305. The van der Waals surface area contributed by atoms with E-state index >= 15 is 0 Å². The average molecular weight is 895 g/mol. The van der Waals surface area contributed by atoms with Crippen molar-refractivity contribution in [2.75, 3.05) is 59.1 Å². The maximum atomic E-state index is 12.9. The van der Waals surface area contributed by atoms with Gasteiger partial charge in [0.15, 0.2) is 0 Å². The highest BCUT2D eigenvalue weighted by atomic mass is 16.7. The lowest BCUT2D eigenvalue weighted by molar-refractivity contribution is -0.146. The number of unbranched alkanes of at least 4 members (excludes halogenated alkanes) is 18. The number of carbonyl (C=O) groups is 3. The van der Waals surface area contributed by atoms with Crippen molar-refractivity contribution >= 4 is 18.1 Å². The SMILES string of the molecule is CCCCCCC(CCCCCC)CC(=O)OCCCCCCC(CCCCCCOC(=O)CC(CCCCCC)CCCCCC)OC(=O)OCCN(CC)CCN(CC)CC. The van der Waals surface area contributed by atoms with E-state index < -0.39 is 6.16 Å². The molecule has 0 amide bonds. The van der Waals surface area contributed by atoms with Crippen LogP contribution in [0.1, 0.15) is 254 Å². The second-order valence-electron chi connectivity index (χ2n) is 18.7. The molecule has 0 atom stereocenters. The van der Waals surface area contributed by atoms with Crippen LogP contribution in [0.2, 0.25) is 0 Å². The first-order valence-electron chi connectivity index (χ1n) is 27.4. The van der Waals surface area contributed by atoms with E-state index in [0.29, 0.717) is 51.0 Å². The van der Waals surface area contributed by atoms with Crippen LogP contribution in [-0.2, 0) is 28.5 Å². The van der Waals surface area contributed by atoms with E-state index in [-0.39, 0.29) is 18.0 Å². The number of carbonyl (C=O) groups excluding carboxylic acids is 3. The number of ether oxygens (including phenoxy) is 4. The Labute approximate surface area is 391 Å². The van der Waals surface area contributed by atoms with Crippen LogP contribution in [0.15, 0.2) is 0 Å². The Bertz CT molecular complexity index is 929. The van der Waals surface area contributed by atoms with Crippen molar-refractivity contribution < 1.29 is 33.3 Å². The normalized spacial score (nSPS) is 11.7. The molecule has 0 heterocycles. The summed E-state index contributed by atoms with van der Waals surface area (Å²) in [5.41, 5.74) is 0. The molecule has 9 nitrogen and oxygen atoms in total. The molecule has 0 spiro atoms. The molecule has 0 N–H and O–H groups in total. The number of esters is 2. The third-order valence-corrected chi connectivity index (χ3v) is 13.1. The molecule has 0 aromatic carbocycles. The van der Waals surface area contributed by atoms with E-state index in [1.165, 1.54) is 103 Å². The molecule has 0 aromatic rings. The molecule has 0 rings (SSSR count). The summed E-state index contributed by atoms with van der Waals surface area (Å²) >= 11 is 0. The van der Waals surface area contributed by atoms with Gasteiger partial charge in [-0.25, -0.2) is 4.79 Å². The van der Waals surface area contributed by atoms with E-state index in [1.54, 1.807) is 0 Å². The van der Waals surface area contributed by atoms with Crippen LogP contribution in [-0.4, -0.2) is 93.1 Å². The summed E-state index contributed by atoms with van der Waals surface area (Å²) in [6.45, 7) is 22.5. The van der Waals surface area contributed by atoms with Gasteiger partial charge in [0.2, 0.25) is 0 Å². The summed E-state index contributed by atoms with van der Waals surface area (Å²) in [4.78, 5) is 43.2. The lowest BCUT2D eigenvalue weighted by Gasteiger charge is -2.25. The topological polar surface area (TPSA) is 94.6 Å². The standard InChI is InChI=1S/C54H106N2O7/c1-8-15-19-27-35-49(36-28-20-16-9-2)47-52(57)60-44-33-25-23-31-39-51(63-54(59)62-46-43-56(14-7)42-41-55(12-5)13-6)40-32-24-26-34-45-61-53(58)48-50(37-29-21-17-10-3)38-30-22-18-11-4/h49-51H,8-48H2,1-7H3. The summed E-state index contributed by atoms with van der Waals surface area (Å²) in [5, 5.41) is 0. The van der Waals surface area contributed by atoms with E-state index in [2.05, 4.69) is 58.3 Å². The second kappa shape index (κ2) is 46.7. The summed E-state index contributed by atoms with van der Waals surface area (Å²) < 4.78 is 23.0. The zero-order chi connectivity index (χ0) is 46.4. The van der Waals surface area contributed by atoms with Crippen molar-refractivity contribution in [1.82, 2.24) is 9.80 Å². The first-order valence-corrected chi connectivity index (χ1v) is 27.4. The lowest BCUT2D eigenvalue weighted by Crippen LogP contribution is -2.37. The fraction of sp³-hybridized carbons (Fsp3) is 0.944. The van der Waals surface area contributed by atoms with Gasteiger partial charge in [0, 0.05) is 32.5 Å². The minimum Gasteiger partial charge on any atom is -0.466 e. The summed E-state index contributed by atoms with van der Waals surface area (Å²) in [7, 11) is 0. The molecule has 0 aromatic heterocycles. The molecule has 0 radical (unpaired) electrons. The van der Waals surface area contributed by atoms with Gasteiger partial charge in [0.25, 0.3) is 0 Å². The summed E-state index contributed by atoms with van der Waals surface area (Å²) in [5.74, 6) is 0.843. The second-order valence-corrected chi connectivity index (χ2v) is 18.7.